The van der Waals surface area contributed by atoms with Crippen molar-refractivity contribution in [2.24, 2.45) is 5.92 Å². The van der Waals surface area contributed by atoms with Gasteiger partial charge in [-0.25, -0.2) is 18.6 Å². The maximum atomic E-state index is 14.5. The first-order valence-corrected chi connectivity index (χ1v) is 15.2. The number of amides is 2. The molecule has 3 aliphatic heterocycles. The van der Waals surface area contributed by atoms with E-state index in [0.29, 0.717) is 50.5 Å². The average Bonchev–Trinajstić information content (AvgIpc) is 3.52. The number of rotatable bonds is 7. The van der Waals surface area contributed by atoms with Crippen LogP contribution in [0.4, 0.5) is 30.6 Å². The molecule has 1 saturated carbocycles. The second-order valence-electron chi connectivity index (χ2n) is 11.0. The van der Waals surface area contributed by atoms with Gasteiger partial charge in [0.2, 0.25) is 0 Å². The Bertz CT molecular complexity index is 1490. The lowest BCUT2D eigenvalue weighted by Crippen LogP contribution is -2.47. The molecule has 0 spiro atoms. The number of nitrogens with zero attached hydrogens (tertiary/aromatic N) is 4. The first-order chi connectivity index (χ1) is 19.4. The fraction of sp³-hybridized carbons (Fsp3) is 0.379. The first-order valence-electron chi connectivity index (χ1n) is 13.5. The number of urea groups is 1. The number of carbonyl (C=O) groups is 1. The number of aromatic nitrogens is 1. The fourth-order valence-electron chi connectivity index (χ4n) is 6.10. The van der Waals surface area contributed by atoms with Crippen molar-refractivity contribution >= 4 is 58.1 Å². The number of piperazine rings is 1. The lowest BCUT2D eigenvalue weighted by Gasteiger charge is -2.38. The van der Waals surface area contributed by atoms with E-state index in [2.05, 4.69) is 15.1 Å². The fourth-order valence-corrected chi connectivity index (χ4v) is 7.70. The summed E-state index contributed by atoms with van der Waals surface area (Å²) in [6.45, 7) is 3.28. The molecule has 40 heavy (non-hydrogen) atoms. The minimum atomic E-state index is -0.600. The van der Waals surface area contributed by atoms with Crippen LogP contribution in [0.15, 0.2) is 47.5 Å². The molecule has 1 aromatic heterocycles. The zero-order valence-electron chi connectivity index (χ0n) is 21.5. The quantitative estimate of drug-likeness (QED) is 0.296. The van der Waals surface area contributed by atoms with Crippen molar-refractivity contribution in [1.29, 1.82) is 0 Å². The van der Waals surface area contributed by atoms with Crippen LogP contribution in [0.1, 0.15) is 30.5 Å². The van der Waals surface area contributed by atoms with E-state index in [9.17, 15) is 13.6 Å². The van der Waals surface area contributed by atoms with Crippen LogP contribution in [0.2, 0.25) is 10.0 Å². The predicted molar refractivity (Wildman–Crippen MR) is 155 cm³/mol. The summed E-state index contributed by atoms with van der Waals surface area (Å²) < 4.78 is 28.0. The highest BCUT2D eigenvalue weighted by Gasteiger charge is 2.46. The van der Waals surface area contributed by atoms with Crippen LogP contribution in [0.25, 0.3) is 0 Å². The maximum absolute atomic E-state index is 14.5. The van der Waals surface area contributed by atoms with Crippen molar-refractivity contribution in [3.8, 4) is 0 Å². The van der Waals surface area contributed by atoms with Gasteiger partial charge in [-0.1, -0.05) is 47.1 Å². The van der Waals surface area contributed by atoms with Gasteiger partial charge in [-0.15, -0.1) is 0 Å². The smallest absolute Gasteiger partial charge is 0.326 e. The van der Waals surface area contributed by atoms with Crippen LogP contribution in [0, 0.1) is 17.6 Å². The Hall–Kier alpha value is -2.59. The molecule has 3 aromatic rings. The number of thioether (sulfide) groups is 1. The van der Waals surface area contributed by atoms with Gasteiger partial charge < -0.3 is 10.2 Å². The van der Waals surface area contributed by atoms with Gasteiger partial charge in [0.15, 0.2) is 0 Å². The summed E-state index contributed by atoms with van der Waals surface area (Å²) in [5.41, 5.74) is 3.02. The zero-order valence-corrected chi connectivity index (χ0v) is 23.9. The van der Waals surface area contributed by atoms with Crippen LogP contribution in [0.5, 0.6) is 0 Å². The number of benzene rings is 2. The van der Waals surface area contributed by atoms with Crippen LogP contribution in [-0.4, -0.2) is 47.6 Å². The standard InChI is InChI=1S/C29H27Cl2F2N5OS/c30-21-2-1-3-22(31)27(21)38-25-10-26(37-14-19-9-20(37)13-36(19)12-16-4-5-16)28(35-24(25)11-34-29(38)39)40-15-17-6-7-18(32)8-23(17)33/h1-3,6-8,10,16,19-20H,4-5,9,11-15H2,(H,34,39)/t19?,20-/m0/s1. The number of hydrogen-bond donors (Lipinski definition) is 1. The predicted octanol–water partition coefficient (Wildman–Crippen LogP) is 6.99. The van der Waals surface area contributed by atoms with Crippen molar-refractivity contribution in [3.63, 3.8) is 0 Å². The van der Waals surface area contributed by atoms with Gasteiger partial charge in [0, 0.05) is 43.5 Å². The number of carbonyl (C=O) groups excluding carboxylic acids is 1. The van der Waals surface area contributed by atoms with Crippen LogP contribution in [0.3, 0.4) is 0 Å². The Morgan fingerprint density at radius 2 is 1.82 bits per heavy atom. The van der Waals surface area contributed by atoms with E-state index in [1.165, 1.54) is 48.2 Å². The Morgan fingerprint density at radius 1 is 1.02 bits per heavy atom. The highest BCUT2D eigenvalue weighted by Crippen LogP contribution is 2.46. The summed E-state index contributed by atoms with van der Waals surface area (Å²) in [7, 11) is 0. The normalized spacial score (nSPS) is 22.1. The summed E-state index contributed by atoms with van der Waals surface area (Å²) >= 11 is 14.5. The highest BCUT2D eigenvalue weighted by molar-refractivity contribution is 7.98. The molecular formula is C29H27Cl2F2N5OS. The van der Waals surface area contributed by atoms with E-state index < -0.39 is 11.6 Å². The number of halogens is 4. The number of para-hydroxylation sites is 1. The minimum Gasteiger partial charge on any atom is -0.363 e. The molecule has 7 rings (SSSR count). The number of anilines is 3. The molecular weight excluding hydrogens is 575 g/mol. The van der Waals surface area contributed by atoms with Gasteiger partial charge in [-0.2, -0.15) is 0 Å². The van der Waals surface area contributed by atoms with Crippen molar-refractivity contribution in [3.05, 3.63) is 75.4 Å². The number of likely N-dealkylation sites (tertiary alicyclic amines) is 1. The zero-order chi connectivity index (χ0) is 27.5. The molecule has 6 nitrogen and oxygen atoms in total. The van der Waals surface area contributed by atoms with E-state index >= 15 is 0 Å². The van der Waals surface area contributed by atoms with Crippen molar-refractivity contribution < 1.29 is 13.6 Å². The molecule has 3 fully saturated rings. The Morgan fingerprint density at radius 3 is 2.52 bits per heavy atom. The van der Waals surface area contributed by atoms with Gasteiger partial charge in [0.25, 0.3) is 0 Å². The number of hydrogen-bond acceptors (Lipinski definition) is 5. The van der Waals surface area contributed by atoms with Crippen LogP contribution in [-0.2, 0) is 12.3 Å². The van der Waals surface area contributed by atoms with Gasteiger partial charge in [-0.05, 0) is 55.0 Å². The minimum absolute atomic E-state index is 0.243. The second kappa shape index (κ2) is 10.4. The third kappa shape index (κ3) is 4.81. The number of pyridine rings is 1. The van der Waals surface area contributed by atoms with Gasteiger partial charge >= 0.3 is 6.03 Å². The second-order valence-corrected chi connectivity index (χ2v) is 12.7. The molecule has 2 amide bonds. The summed E-state index contributed by atoms with van der Waals surface area (Å²) in [6.07, 6.45) is 3.74. The molecule has 2 atom stereocenters. The van der Waals surface area contributed by atoms with Gasteiger partial charge in [0.05, 0.1) is 39.3 Å². The van der Waals surface area contributed by atoms with E-state index in [4.69, 9.17) is 28.2 Å². The third-order valence-corrected chi connectivity index (χ3v) is 9.91. The molecule has 4 aliphatic rings. The number of nitrogens with one attached hydrogen (secondary N) is 1. The largest absolute Gasteiger partial charge is 0.363 e. The van der Waals surface area contributed by atoms with E-state index in [1.807, 2.05) is 6.07 Å². The molecule has 11 heteroatoms. The van der Waals surface area contributed by atoms with Gasteiger partial charge in [-0.3, -0.25) is 9.80 Å². The van der Waals surface area contributed by atoms with Crippen LogP contribution < -0.4 is 15.1 Å². The molecule has 1 aliphatic carbocycles. The van der Waals surface area contributed by atoms with Gasteiger partial charge in [0.1, 0.15) is 16.7 Å². The summed E-state index contributed by atoms with van der Waals surface area (Å²) in [4.78, 5) is 24.7. The van der Waals surface area contributed by atoms with E-state index in [0.717, 1.165) is 42.2 Å². The number of fused-ring (bicyclic) bond motifs is 3. The van der Waals surface area contributed by atoms with Crippen molar-refractivity contribution in [2.45, 2.75) is 48.7 Å². The average molecular weight is 603 g/mol. The highest BCUT2D eigenvalue weighted by atomic mass is 35.5. The Balaban J connectivity index is 1.27. The lowest BCUT2D eigenvalue weighted by molar-refractivity contribution is 0.229. The molecule has 1 unspecified atom stereocenters. The monoisotopic (exact) mass is 601 g/mol. The van der Waals surface area contributed by atoms with E-state index in [-0.39, 0.29) is 12.6 Å². The van der Waals surface area contributed by atoms with E-state index in [1.54, 1.807) is 18.2 Å². The molecule has 1 N–H and O–H groups in total. The first kappa shape index (κ1) is 26.3. The molecule has 4 heterocycles. The summed E-state index contributed by atoms with van der Waals surface area (Å²) in [5.74, 6) is -0.0403. The summed E-state index contributed by atoms with van der Waals surface area (Å²) in [5, 5.41) is 4.35. The molecule has 2 bridgehead atoms. The van der Waals surface area contributed by atoms with Crippen LogP contribution >= 0.6 is 35.0 Å². The lowest BCUT2D eigenvalue weighted by atomic mass is 10.1. The van der Waals surface area contributed by atoms with Crippen molar-refractivity contribution in [1.82, 2.24) is 15.2 Å². The molecule has 0 radical (unpaired) electrons. The summed E-state index contributed by atoms with van der Waals surface area (Å²) in [6, 6.07) is 11.3. The Labute approximate surface area is 245 Å². The Kier molecular flexibility index (Phi) is 6.81. The topological polar surface area (TPSA) is 51.7 Å². The molecule has 2 aromatic carbocycles. The molecule has 208 valence electrons. The molecule has 2 saturated heterocycles. The SMILES string of the molecule is O=C1NCc2nc(SCc3ccc(F)cc3F)c(N3CC4C[C@H]3CN4CC3CC3)cc2N1c1c(Cl)cccc1Cl. The maximum Gasteiger partial charge on any atom is 0.326 e. The third-order valence-electron chi connectivity index (χ3n) is 8.27. The van der Waals surface area contributed by atoms with Crippen molar-refractivity contribution in [2.75, 3.05) is 29.4 Å².